The van der Waals surface area contributed by atoms with Crippen LogP contribution in [-0.4, -0.2) is 39.9 Å². The van der Waals surface area contributed by atoms with Gasteiger partial charge in [-0.2, -0.15) is 0 Å². The van der Waals surface area contributed by atoms with E-state index in [0.29, 0.717) is 51.2 Å². The molecule has 0 N–H and O–H groups in total. The van der Waals surface area contributed by atoms with E-state index >= 15 is 0 Å². The number of para-hydroxylation sites is 2. The maximum Gasteiger partial charge on any atom is 0.144 e. The third-order valence-electron chi connectivity index (χ3n) is 6.44. The van der Waals surface area contributed by atoms with Crippen molar-refractivity contribution in [3.8, 4) is 56.8 Å². The van der Waals surface area contributed by atoms with Gasteiger partial charge in [-0.3, -0.25) is 29.9 Å². The summed E-state index contributed by atoms with van der Waals surface area (Å²) in [4.78, 5) is 37.5. The number of furan rings is 1. The second-order valence-corrected chi connectivity index (χ2v) is 8.49. The summed E-state index contributed by atoms with van der Waals surface area (Å²) in [5.41, 5.74) is 7.45. The number of benzene rings is 2. The van der Waals surface area contributed by atoms with Crippen molar-refractivity contribution in [1.82, 2.24) is 39.9 Å². The molecule has 1 aliphatic rings. The van der Waals surface area contributed by atoms with Gasteiger partial charge in [0.15, 0.2) is 0 Å². The molecule has 0 spiro atoms. The molecule has 5 aromatic heterocycles. The Hall–Kier alpha value is -5.44. The van der Waals surface area contributed by atoms with Crippen molar-refractivity contribution in [3.05, 3.63) is 85.8 Å². The van der Waals surface area contributed by atoms with E-state index in [9.17, 15) is 0 Å². The van der Waals surface area contributed by atoms with Crippen molar-refractivity contribution in [2.24, 2.45) is 0 Å². The molecule has 9 nitrogen and oxygen atoms in total. The first-order chi connectivity index (χ1) is 18.4. The number of hydrogen-bond donors (Lipinski definition) is 0. The van der Waals surface area contributed by atoms with E-state index in [2.05, 4.69) is 36.0 Å². The first-order valence-corrected chi connectivity index (χ1v) is 11.6. The minimum atomic E-state index is 0.534. The standard InChI is InChI=1S/C28H14N8O/c1-2-7-19-15(4-1)16-5-3-6-17(28(16)37-19)18-14-35-26-24-22(31-10-11-33-24)20-21(30-9-8-29-20)23-25(27(26)36-18)34-13-12-32-23/h1-14H. The third kappa shape index (κ3) is 2.85. The minimum absolute atomic E-state index is 0.534. The van der Waals surface area contributed by atoms with Gasteiger partial charge in [0.25, 0.3) is 0 Å². The molecule has 5 heterocycles. The Labute approximate surface area is 209 Å². The Kier molecular flexibility index (Phi) is 4.03. The summed E-state index contributed by atoms with van der Waals surface area (Å²) in [6, 6.07) is 14.0. The maximum atomic E-state index is 6.26. The summed E-state index contributed by atoms with van der Waals surface area (Å²) in [7, 11) is 0. The zero-order valence-electron chi connectivity index (χ0n) is 19.1. The number of fused-ring (bicyclic) bond motifs is 11. The average Bonchev–Trinajstić information content (AvgIpc) is 3.35. The van der Waals surface area contributed by atoms with Gasteiger partial charge in [0.05, 0.1) is 11.9 Å². The van der Waals surface area contributed by atoms with Gasteiger partial charge in [0.1, 0.15) is 56.7 Å². The topological polar surface area (TPSA) is 116 Å². The molecular formula is C28H14N8O. The van der Waals surface area contributed by atoms with Crippen LogP contribution in [0.1, 0.15) is 0 Å². The second-order valence-electron chi connectivity index (χ2n) is 8.49. The van der Waals surface area contributed by atoms with Crippen molar-refractivity contribution in [3.63, 3.8) is 0 Å². The Morgan fingerprint density at radius 3 is 1.59 bits per heavy atom. The van der Waals surface area contributed by atoms with E-state index in [4.69, 9.17) is 14.4 Å². The van der Waals surface area contributed by atoms with Crippen molar-refractivity contribution in [2.75, 3.05) is 0 Å². The fourth-order valence-electron chi connectivity index (χ4n) is 4.86. The van der Waals surface area contributed by atoms with Gasteiger partial charge >= 0.3 is 0 Å². The molecule has 0 fully saturated rings. The number of rotatable bonds is 1. The predicted octanol–water partition coefficient (Wildman–Crippen LogP) is 5.39. The highest BCUT2D eigenvalue weighted by molar-refractivity contribution is 6.09. The van der Waals surface area contributed by atoms with Gasteiger partial charge in [-0.05, 0) is 12.1 Å². The lowest BCUT2D eigenvalue weighted by atomic mass is 9.99. The van der Waals surface area contributed by atoms with E-state index in [0.717, 1.165) is 27.5 Å². The molecule has 0 atom stereocenters. The van der Waals surface area contributed by atoms with E-state index in [-0.39, 0.29) is 0 Å². The largest absolute Gasteiger partial charge is 0.455 e. The van der Waals surface area contributed by atoms with Crippen LogP contribution in [0.3, 0.4) is 0 Å². The first kappa shape index (κ1) is 19.8. The lowest BCUT2D eigenvalue weighted by Crippen LogP contribution is -2.08. The average molecular weight is 478 g/mol. The summed E-state index contributed by atoms with van der Waals surface area (Å²) < 4.78 is 6.26. The predicted molar refractivity (Wildman–Crippen MR) is 137 cm³/mol. The van der Waals surface area contributed by atoms with Gasteiger partial charge in [-0.15, -0.1) is 0 Å². The Morgan fingerprint density at radius 2 is 0.973 bits per heavy atom. The normalized spacial score (nSPS) is 11.8. The van der Waals surface area contributed by atoms with Crippen LogP contribution in [0.4, 0.5) is 0 Å². The van der Waals surface area contributed by atoms with Gasteiger partial charge in [0, 0.05) is 53.5 Å². The molecule has 0 unspecified atom stereocenters. The zero-order valence-corrected chi connectivity index (χ0v) is 19.1. The molecule has 0 saturated heterocycles. The molecule has 8 rings (SSSR count). The second kappa shape index (κ2) is 7.53. The van der Waals surface area contributed by atoms with Crippen LogP contribution in [0.15, 0.2) is 90.3 Å². The molecular weight excluding hydrogens is 464 g/mol. The smallest absolute Gasteiger partial charge is 0.144 e. The molecule has 7 aromatic rings. The molecule has 172 valence electrons. The SMILES string of the molecule is c1ccc2c(c1)oc1c(-c3cnc4c(n3)-c3nccnc3-c3nccnc3-c3nccnc3-4)cccc12. The van der Waals surface area contributed by atoms with Crippen molar-refractivity contribution in [2.45, 2.75) is 0 Å². The Balaban J connectivity index is 1.45. The highest BCUT2D eigenvalue weighted by Crippen LogP contribution is 2.42. The van der Waals surface area contributed by atoms with Crippen LogP contribution < -0.4 is 0 Å². The molecule has 1 aliphatic carbocycles. The van der Waals surface area contributed by atoms with Crippen LogP contribution in [-0.2, 0) is 0 Å². The van der Waals surface area contributed by atoms with Crippen LogP contribution in [0.5, 0.6) is 0 Å². The number of nitrogens with zero attached hydrogens (tertiary/aromatic N) is 8. The van der Waals surface area contributed by atoms with Crippen molar-refractivity contribution in [1.29, 1.82) is 0 Å². The monoisotopic (exact) mass is 478 g/mol. The molecule has 0 amide bonds. The zero-order chi connectivity index (χ0) is 24.3. The summed E-state index contributed by atoms with van der Waals surface area (Å²) in [6.07, 6.45) is 11.5. The molecule has 37 heavy (non-hydrogen) atoms. The van der Waals surface area contributed by atoms with Crippen LogP contribution >= 0.6 is 0 Å². The Morgan fingerprint density at radius 1 is 0.459 bits per heavy atom. The molecule has 9 heteroatoms. The van der Waals surface area contributed by atoms with Crippen LogP contribution in [0.25, 0.3) is 78.7 Å². The van der Waals surface area contributed by atoms with Crippen LogP contribution in [0.2, 0.25) is 0 Å². The molecule has 0 radical (unpaired) electrons. The minimum Gasteiger partial charge on any atom is -0.455 e. The third-order valence-corrected chi connectivity index (χ3v) is 6.44. The Bertz CT molecular complexity index is 2010. The summed E-state index contributed by atoms with van der Waals surface area (Å²) >= 11 is 0. The molecule has 2 aromatic carbocycles. The lowest BCUT2D eigenvalue weighted by molar-refractivity contribution is 0.670. The maximum absolute atomic E-state index is 6.26. The molecule has 0 bridgehead atoms. The van der Waals surface area contributed by atoms with Crippen molar-refractivity contribution >= 4 is 21.9 Å². The first-order valence-electron chi connectivity index (χ1n) is 11.6. The number of hydrogen-bond acceptors (Lipinski definition) is 9. The number of aromatic nitrogens is 8. The van der Waals surface area contributed by atoms with Crippen molar-refractivity contribution < 1.29 is 4.42 Å². The highest BCUT2D eigenvalue weighted by Gasteiger charge is 2.29. The highest BCUT2D eigenvalue weighted by atomic mass is 16.3. The van der Waals surface area contributed by atoms with Gasteiger partial charge in [-0.25, -0.2) is 9.97 Å². The lowest BCUT2D eigenvalue weighted by Gasteiger charge is -2.17. The van der Waals surface area contributed by atoms with Gasteiger partial charge in [0.2, 0.25) is 0 Å². The summed E-state index contributed by atoms with van der Waals surface area (Å²) in [5, 5.41) is 2.07. The van der Waals surface area contributed by atoms with E-state index in [1.165, 1.54) is 0 Å². The van der Waals surface area contributed by atoms with Gasteiger partial charge in [-0.1, -0.05) is 30.3 Å². The fraction of sp³-hybridized carbons (Fsp3) is 0. The molecule has 0 saturated carbocycles. The van der Waals surface area contributed by atoms with E-state index < -0.39 is 0 Å². The summed E-state index contributed by atoms with van der Waals surface area (Å²) in [5.74, 6) is 0. The van der Waals surface area contributed by atoms with Crippen LogP contribution in [0, 0.1) is 0 Å². The quantitative estimate of drug-likeness (QED) is 0.306. The fourth-order valence-corrected chi connectivity index (χ4v) is 4.86. The molecule has 0 aliphatic heterocycles. The van der Waals surface area contributed by atoms with E-state index in [1.54, 1.807) is 43.4 Å². The summed E-state index contributed by atoms with van der Waals surface area (Å²) in [6.45, 7) is 0. The van der Waals surface area contributed by atoms with Gasteiger partial charge < -0.3 is 4.42 Å². The van der Waals surface area contributed by atoms with E-state index in [1.807, 2.05) is 36.4 Å².